The zero-order valence-corrected chi connectivity index (χ0v) is 17.6. The number of nitrogens with one attached hydrogen (secondary N) is 2. The van der Waals surface area contributed by atoms with E-state index in [0.29, 0.717) is 0 Å². The summed E-state index contributed by atoms with van der Waals surface area (Å²) in [5, 5.41) is 0. The molecule has 0 aliphatic carbocycles. The van der Waals surface area contributed by atoms with Crippen LogP contribution in [0.4, 0.5) is 10.1 Å². The summed E-state index contributed by atoms with van der Waals surface area (Å²) < 4.78 is 46.4. The van der Waals surface area contributed by atoms with Gasteiger partial charge in [-0.05, 0) is 60.5 Å². The average Bonchev–Trinajstić information content (AvgIpc) is 3.10. The van der Waals surface area contributed by atoms with Crippen molar-refractivity contribution < 1.29 is 27.1 Å². The number of methoxy groups -OCH3 is 1. The molecule has 2 aromatic carbocycles. The third-order valence-corrected chi connectivity index (χ3v) is 6.28. The number of hydrogen-bond donors (Lipinski definition) is 2. The number of ether oxygens (including phenoxy) is 1. The van der Waals surface area contributed by atoms with Crippen LogP contribution in [0.1, 0.15) is 25.6 Å². The van der Waals surface area contributed by atoms with Gasteiger partial charge in [0.2, 0.25) is 0 Å². The van der Waals surface area contributed by atoms with Crippen LogP contribution in [0, 0.1) is 12.7 Å². The van der Waals surface area contributed by atoms with E-state index in [0.717, 1.165) is 27.3 Å². The Morgan fingerprint density at radius 2 is 1.67 bits per heavy atom. The fourth-order valence-electron chi connectivity index (χ4n) is 2.63. The molecule has 0 fully saturated rings. The van der Waals surface area contributed by atoms with Gasteiger partial charge in [-0.3, -0.25) is 9.52 Å². The topological polar surface area (TPSA) is 102 Å². The predicted molar refractivity (Wildman–Crippen MR) is 112 cm³/mol. The van der Waals surface area contributed by atoms with Crippen LogP contribution in [0.25, 0.3) is 10.4 Å². The lowest BCUT2D eigenvalue weighted by Crippen LogP contribution is -2.34. The highest BCUT2D eigenvalue weighted by atomic mass is 32.2. The number of carbonyl (C=O) groups is 2. The second kappa shape index (κ2) is 8.64. The Morgan fingerprint density at radius 3 is 2.27 bits per heavy atom. The molecular weight excluding hydrogens is 431 g/mol. The van der Waals surface area contributed by atoms with E-state index in [1.54, 1.807) is 25.1 Å². The first-order chi connectivity index (χ1) is 14.2. The van der Waals surface area contributed by atoms with Crippen LogP contribution in [0.15, 0.2) is 54.6 Å². The molecule has 0 saturated heterocycles. The molecule has 0 aliphatic rings. The van der Waals surface area contributed by atoms with Gasteiger partial charge in [0.15, 0.2) is 0 Å². The number of anilines is 1. The molecule has 0 saturated carbocycles. The Kier molecular flexibility index (Phi) is 6.18. The Balaban J connectivity index is 1.72. The van der Waals surface area contributed by atoms with Gasteiger partial charge in [-0.15, -0.1) is 11.3 Å². The minimum atomic E-state index is -4.20. The second-order valence-corrected chi connectivity index (χ2v) is 8.70. The number of halogens is 1. The molecule has 3 aromatic rings. The van der Waals surface area contributed by atoms with Gasteiger partial charge in [0.1, 0.15) is 5.82 Å². The first-order valence-corrected chi connectivity index (χ1v) is 10.9. The molecule has 0 bridgehead atoms. The van der Waals surface area contributed by atoms with Crippen molar-refractivity contribution in [1.82, 2.24) is 4.72 Å². The molecule has 0 atom stereocenters. The fourth-order valence-corrected chi connectivity index (χ4v) is 4.62. The first-order valence-electron chi connectivity index (χ1n) is 8.58. The summed E-state index contributed by atoms with van der Waals surface area (Å²) in [4.78, 5) is 24.8. The number of benzene rings is 2. The van der Waals surface area contributed by atoms with Gasteiger partial charge in [0, 0.05) is 4.88 Å². The highest BCUT2D eigenvalue weighted by molar-refractivity contribution is 7.91. The van der Waals surface area contributed by atoms with Gasteiger partial charge in [0.25, 0.3) is 5.91 Å². The Bertz CT molecular complexity index is 1190. The third kappa shape index (κ3) is 5.02. The summed E-state index contributed by atoms with van der Waals surface area (Å²) in [7, 11) is -2.96. The van der Waals surface area contributed by atoms with Gasteiger partial charge in [-0.2, -0.15) is 8.42 Å². The van der Waals surface area contributed by atoms with Crippen LogP contribution >= 0.6 is 11.3 Å². The summed E-state index contributed by atoms with van der Waals surface area (Å²) in [6.45, 7) is 1.78. The van der Waals surface area contributed by atoms with E-state index in [2.05, 4.69) is 9.46 Å². The van der Waals surface area contributed by atoms with E-state index in [9.17, 15) is 22.4 Å². The third-order valence-electron chi connectivity index (χ3n) is 4.03. The van der Waals surface area contributed by atoms with E-state index < -0.39 is 22.1 Å². The van der Waals surface area contributed by atoms with Crippen molar-refractivity contribution >= 4 is 39.1 Å². The second-order valence-electron chi connectivity index (χ2n) is 6.24. The molecule has 0 spiro atoms. The van der Waals surface area contributed by atoms with Gasteiger partial charge >= 0.3 is 16.2 Å². The highest BCUT2D eigenvalue weighted by Gasteiger charge is 2.20. The van der Waals surface area contributed by atoms with Crippen molar-refractivity contribution in [1.29, 1.82) is 0 Å². The van der Waals surface area contributed by atoms with Gasteiger partial charge in [0.05, 0.1) is 23.2 Å². The number of amides is 1. The minimum Gasteiger partial charge on any atom is -0.465 e. The largest absolute Gasteiger partial charge is 0.465 e. The number of thiophene rings is 1. The highest BCUT2D eigenvalue weighted by Crippen LogP contribution is 2.32. The fraction of sp³-hybridized carbons (Fsp3) is 0.100. The zero-order chi connectivity index (χ0) is 21.9. The van der Waals surface area contributed by atoms with E-state index in [1.165, 1.54) is 43.5 Å². The molecule has 30 heavy (non-hydrogen) atoms. The molecular formula is C20H17FN2O5S2. The Morgan fingerprint density at radius 1 is 1.03 bits per heavy atom. The van der Waals surface area contributed by atoms with Crippen molar-refractivity contribution in [2.45, 2.75) is 6.92 Å². The molecule has 3 rings (SSSR count). The summed E-state index contributed by atoms with van der Waals surface area (Å²) in [6.07, 6.45) is 0. The normalized spacial score (nSPS) is 11.0. The van der Waals surface area contributed by atoms with Crippen molar-refractivity contribution in [2.75, 3.05) is 11.8 Å². The smallest absolute Gasteiger partial charge is 0.337 e. The van der Waals surface area contributed by atoms with Crippen LogP contribution in [0.3, 0.4) is 0 Å². The standard InChI is InChI=1S/C20H17FN2O5S2/c1-12-11-17(29-18(12)13-3-7-15(21)8-4-13)19(24)23-30(26,27)22-16-9-5-14(6-10-16)20(25)28-2/h3-11,22H,1-2H3,(H,23,24). The molecule has 1 amide bonds. The molecule has 0 aliphatic heterocycles. The molecule has 0 radical (unpaired) electrons. The number of carbonyl (C=O) groups excluding carboxylic acids is 2. The zero-order valence-electron chi connectivity index (χ0n) is 15.9. The van der Waals surface area contributed by atoms with Gasteiger partial charge in [-0.1, -0.05) is 12.1 Å². The summed E-state index contributed by atoms with van der Waals surface area (Å²) in [5.74, 6) is -1.72. The van der Waals surface area contributed by atoms with Crippen molar-refractivity contribution in [3.8, 4) is 10.4 Å². The van der Waals surface area contributed by atoms with Crippen molar-refractivity contribution in [2.24, 2.45) is 0 Å². The average molecular weight is 448 g/mol. The lowest BCUT2D eigenvalue weighted by atomic mass is 10.1. The summed E-state index contributed by atoms with van der Waals surface area (Å²) in [5.41, 5.74) is 1.91. The first kappa shape index (κ1) is 21.5. The maximum Gasteiger partial charge on any atom is 0.337 e. The lowest BCUT2D eigenvalue weighted by molar-refractivity contribution is 0.0600. The molecule has 7 nitrogen and oxygen atoms in total. The Hall–Kier alpha value is -3.24. The molecule has 10 heteroatoms. The molecule has 1 heterocycles. The van der Waals surface area contributed by atoms with Crippen molar-refractivity contribution in [3.05, 3.63) is 76.4 Å². The Labute approximate surface area is 176 Å². The summed E-state index contributed by atoms with van der Waals surface area (Å²) >= 11 is 1.10. The summed E-state index contributed by atoms with van der Waals surface area (Å²) in [6, 6.07) is 12.9. The van der Waals surface area contributed by atoms with Gasteiger partial charge < -0.3 is 4.74 Å². The van der Waals surface area contributed by atoms with Crippen LogP contribution in [-0.4, -0.2) is 27.4 Å². The molecule has 1 aromatic heterocycles. The molecule has 0 unspecified atom stereocenters. The SMILES string of the molecule is COC(=O)c1ccc(NS(=O)(=O)NC(=O)c2cc(C)c(-c3ccc(F)cc3)s2)cc1. The maximum atomic E-state index is 13.1. The van der Waals surface area contributed by atoms with E-state index >= 15 is 0 Å². The quantitative estimate of drug-likeness (QED) is 0.560. The number of rotatable bonds is 6. The number of esters is 1. The van der Waals surface area contributed by atoms with Gasteiger partial charge in [-0.25, -0.2) is 13.9 Å². The lowest BCUT2D eigenvalue weighted by Gasteiger charge is -2.09. The minimum absolute atomic E-state index is 0.164. The van der Waals surface area contributed by atoms with E-state index in [1.807, 2.05) is 4.72 Å². The predicted octanol–water partition coefficient (Wildman–Crippen LogP) is 3.74. The molecule has 156 valence electrons. The monoisotopic (exact) mass is 448 g/mol. The van der Waals surface area contributed by atoms with Crippen LogP contribution in [0.5, 0.6) is 0 Å². The number of hydrogen-bond acceptors (Lipinski definition) is 6. The maximum absolute atomic E-state index is 13.1. The van der Waals surface area contributed by atoms with E-state index in [-0.39, 0.29) is 21.9 Å². The van der Waals surface area contributed by atoms with Crippen LogP contribution in [-0.2, 0) is 14.9 Å². The van der Waals surface area contributed by atoms with Crippen molar-refractivity contribution in [3.63, 3.8) is 0 Å². The number of aryl methyl sites for hydroxylation is 1. The molecule has 2 N–H and O–H groups in total. The van der Waals surface area contributed by atoms with Crippen LogP contribution in [0.2, 0.25) is 0 Å². The van der Waals surface area contributed by atoms with E-state index in [4.69, 9.17) is 0 Å². The van der Waals surface area contributed by atoms with Crippen LogP contribution < -0.4 is 9.44 Å².